The Balaban J connectivity index is 1.56. The Morgan fingerprint density at radius 3 is 2.92 bits per heavy atom. The van der Waals surface area contributed by atoms with Crippen molar-refractivity contribution in [3.8, 4) is 0 Å². The Morgan fingerprint density at radius 1 is 1.21 bits per heavy atom. The standard InChI is InChI=1S/C21H24BrNO/c1-24-20-19-8-3-2-6-16(19)13-21(20)9-10-23-18(14-21)12-15-5-4-7-17(22)11-15/h2-8,11,18,20,23H,9-10,12-14H2,1H3. The van der Waals surface area contributed by atoms with Gasteiger partial charge in [-0.05, 0) is 61.1 Å². The molecule has 0 aromatic heterocycles. The average Bonchev–Trinajstić information content (AvgIpc) is 2.87. The number of hydrogen-bond donors (Lipinski definition) is 1. The van der Waals surface area contributed by atoms with Gasteiger partial charge in [0.1, 0.15) is 0 Å². The highest BCUT2D eigenvalue weighted by Gasteiger charge is 2.48. The Morgan fingerprint density at radius 2 is 2.08 bits per heavy atom. The summed E-state index contributed by atoms with van der Waals surface area (Å²) in [5.41, 5.74) is 4.53. The molecule has 24 heavy (non-hydrogen) atoms. The molecule has 1 spiro atoms. The zero-order chi connectivity index (χ0) is 16.6. The van der Waals surface area contributed by atoms with E-state index in [1.165, 1.54) is 29.5 Å². The molecule has 0 saturated carbocycles. The molecule has 2 nitrogen and oxygen atoms in total. The van der Waals surface area contributed by atoms with Gasteiger partial charge in [-0.3, -0.25) is 0 Å². The van der Waals surface area contributed by atoms with E-state index >= 15 is 0 Å². The van der Waals surface area contributed by atoms with E-state index in [1.54, 1.807) is 0 Å². The number of rotatable bonds is 3. The molecule has 0 bridgehead atoms. The fraction of sp³-hybridized carbons (Fsp3) is 0.429. The first-order valence-corrected chi connectivity index (χ1v) is 9.58. The van der Waals surface area contributed by atoms with E-state index in [2.05, 4.69) is 69.8 Å². The van der Waals surface area contributed by atoms with Crippen LogP contribution in [0.5, 0.6) is 0 Å². The lowest BCUT2D eigenvalue weighted by Crippen LogP contribution is -2.47. The minimum absolute atomic E-state index is 0.237. The molecule has 2 aliphatic rings. The highest BCUT2D eigenvalue weighted by Crippen LogP contribution is 2.53. The number of methoxy groups -OCH3 is 1. The van der Waals surface area contributed by atoms with Crippen molar-refractivity contribution in [2.75, 3.05) is 13.7 Å². The molecule has 1 N–H and O–H groups in total. The van der Waals surface area contributed by atoms with Crippen LogP contribution in [0.3, 0.4) is 0 Å². The second kappa shape index (κ2) is 6.62. The van der Waals surface area contributed by atoms with Gasteiger partial charge in [-0.15, -0.1) is 0 Å². The Bertz CT molecular complexity index is 731. The molecule has 3 heteroatoms. The largest absolute Gasteiger partial charge is 0.376 e. The van der Waals surface area contributed by atoms with Gasteiger partial charge in [0, 0.05) is 23.0 Å². The lowest BCUT2D eigenvalue weighted by molar-refractivity contribution is -0.0290. The van der Waals surface area contributed by atoms with E-state index in [0.717, 1.165) is 23.9 Å². The monoisotopic (exact) mass is 385 g/mol. The molecule has 3 unspecified atom stereocenters. The molecule has 3 atom stereocenters. The van der Waals surface area contributed by atoms with Crippen molar-refractivity contribution in [3.05, 3.63) is 69.7 Å². The first-order valence-electron chi connectivity index (χ1n) is 8.79. The van der Waals surface area contributed by atoms with Crippen LogP contribution in [0.2, 0.25) is 0 Å². The van der Waals surface area contributed by atoms with Gasteiger partial charge in [0.2, 0.25) is 0 Å². The van der Waals surface area contributed by atoms with Gasteiger partial charge in [-0.1, -0.05) is 52.3 Å². The molecule has 2 aromatic rings. The summed E-state index contributed by atoms with van der Waals surface area (Å²) in [6, 6.07) is 18.0. The molecular weight excluding hydrogens is 362 g/mol. The van der Waals surface area contributed by atoms with Crippen molar-refractivity contribution in [3.63, 3.8) is 0 Å². The summed E-state index contributed by atoms with van der Waals surface area (Å²) in [6.07, 6.45) is 4.83. The molecule has 2 aromatic carbocycles. The number of fused-ring (bicyclic) bond motifs is 1. The maximum absolute atomic E-state index is 6.01. The third kappa shape index (κ3) is 2.94. The van der Waals surface area contributed by atoms with Crippen LogP contribution in [0.1, 0.15) is 35.6 Å². The summed E-state index contributed by atoms with van der Waals surface area (Å²) >= 11 is 3.59. The Kier molecular flexibility index (Phi) is 4.50. The van der Waals surface area contributed by atoms with Crippen LogP contribution in [-0.4, -0.2) is 19.7 Å². The minimum atomic E-state index is 0.237. The molecule has 1 saturated heterocycles. The molecule has 4 rings (SSSR count). The van der Waals surface area contributed by atoms with Crippen molar-refractivity contribution < 1.29 is 4.74 Å². The van der Waals surface area contributed by atoms with Gasteiger partial charge < -0.3 is 10.1 Å². The summed E-state index contributed by atoms with van der Waals surface area (Å²) in [7, 11) is 1.87. The molecule has 126 valence electrons. The normalized spacial score (nSPS) is 28.9. The van der Waals surface area contributed by atoms with Gasteiger partial charge in [0.25, 0.3) is 0 Å². The van der Waals surface area contributed by atoms with Crippen molar-refractivity contribution in [1.29, 1.82) is 0 Å². The van der Waals surface area contributed by atoms with Crippen molar-refractivity contribution in [2.45, 2.75) is 37.8 Å². The number of benzene rings is 2. The zero-order valence-corrected chi connectivity index (χ0v) is 15.7. The van der Waals surface area contributed by atoms with Crippen LogP contribution in [0.4, 0.5) is 0 Å². The van der Waals surface area contributed by atoms with E-state index < -0.39 is 0 Å². The third-order valence-corrected chi connectivity index (χ3v) is 6.25. The SMILES string of the molecule is COC1c2ccccc2CC12CCNC(Cc1cccc(Br)c1)C2. The number of nitrogens with one attached hydrogen (secondary N) is 1. The molecule has 1 fully saturated rings. The number of ether oxygens (including phenoxy) is 1. The van der Waals surface area contributed by atoms with Crippen molar-refractivity contribution >= 4 is 15.9 Å². The predicted octanol–water partition coefficient (Wildman–Crippen LogP) is 4.67. The van der Waals surface area contributed by atoms with E-state index in [-0.39, 0.29) is 11.5 Å². The molecule has 1 heterocycles. The first-order chi connectivity index (χ1) is 11.7. The molecular formula is C21H24BrNO. The van der Waals surface area contributed by atoms with Gasteiger partial charge in [0.15, 0.2) is 0 Å². The summed E-state index contributed by atoms with van der Waals surface area (Å²) in [4.78, 5) is 0. The van der Waals surface area contributed by atoms with Gasteiger partial charge >= 0.3 is 0 Å². The number of hydrogen-bond acceptors (Lipinski definition) is 2. The van der Waals surface area contributed by atoms with E-state index in [4.69, 9.17) is 4.74 Å². The zero-order valence-electron chi connectivity index (χ0n) is 14.1. The Labute approximate surface area is 152 Å². The minimum Gasteiger partial charge on any atom is -0.376 e. The van der Waals surface area contributed by atoms with E-state index in [1.807, 2.05) is 7.11 Å². The average molecular weight is 386 g/mol. The van der Waals surface area contributed by atoms with Crippen LogP contribution >= 0.6 is 15.9 Å². The molecule has 1 aliphatic carbocycles. The quantitative estimate of drug-likeness (QED) is 0.828. The fourth-order valence-electron chi connectivity index (χ4n) is 4.81. The maximum atomic E-state index is 6.01. The predicted molar refractivity (Wildman–Crippen MR) is 101 cm³/mol. The molecule has 0 amide bonds. The second-order valence-corrected chi connectivity index (χ2v) is 8.21. The van der Waals surface area contributed by atoms with E-state index in [0.29, 0.717) is 6.04 Å². The smallest absolute Gasteiger partial charge is 0.0884 e. The fourth-order valence-corrected chi connectivity index (χ4v) is 5.26. The summed E-state index contributed by atoms with van der Waals surface area (Å²) in [6.45, 7) is 1.08. The molecule has 1 aliphatic heterocycles. The Hall–Kier alpha value is -1.16. The van der Waals surface area contributed by atoms with Crippen LogP contribution in [-0.2, 0) is 17.6 Å². The van der Waals surface area contributed by atoms with Crippen LogP contribution in [0.25, 0.3) is 0 Å². The van der Waals surface area contributed by atoms with Crippen LogP contribution in [0, 0.1) is 5.41 Å². The third-order valence-electron chi connectivity index (χ3n) is 5.75. The topological polar surface area (TPSA) is 21.3 Å². The van der Waals surface area contributed by atoms with Crippen molar-refractivity contribution in [1.82, 2.24) is 5.32 Å². The first kappa shape index (κ1) is 16.3. The number of halogens is 1. The lowest BCUT2D eigenvalue weighted by Gasteiger charge is -2.42. The maximum Gasteiger partial charge on any atom is 0.0884 e. The highest BCUT2D eigenvalue weighted by molar-refractivity contribution is 9.10. The summed E-state index contributed by atoms with van der Waals surface area (Å²) in [5, 5.41) is 3.74. The summed E-state index contributed by atoms with van der Waals surface area (Å²) < 4.78 is 7.17. The van der Waals surface area contributed by atoms with Gasteiger partial charge in [-0.2, -0.15) is 0 Å². The summed E-state index contributed by atoms with van der Waals surface area (Å²) in [5.74, 6) is 0. The van der Waals surface area contributed by atoms with Crippen molar-refractivity contribution in [2.24, 2.45) is 5.41 Å². The lowest BCUT2D eigenvalue weighted by atomic mass is 9.71. The van der Waals surface area contributed by atoms with Gasteiger partial charge in [-0.25, -0.2) is 0 Å². The van der Waals surface area contributed by atoms with Crippen LogP contribution in [0.15, 0.2) is 53.0 Å². The van der Waals surface area contributed by atoms with E-state index in [9.17, 15) is 0 Å². The second-order valence-electron chi connectivity index (χ2n) is 7.29. The number of piperidine rings is 1. The highest BCUT2D eigenvalue weighted by atomic mass is 79.9. The van der Waals surface area contributed by atoms with Gasteiger partial charge in [0.05, 0.1) is 6.10 Å². The molecule has 0 radical (unpaired) electrons. The van der Waals surface area contributed by atoms with Crippen LogP contribution < -0.4 is 5.32 Å².